The first-order chi connectivity index (χ1) is 17.2. The van der Waals surface area contributed by atoms with Crippen molar-refractivity contribution in [1.82, 2.24) is 15.1 Å². The molecule has 2 heterocycles. The van der Waals surface area contributed by atoms with Gasteiger partial charge in [0.15, 0.2) is 5.17 Å². The van der Waals surface area contributed by atoms with Crippen LogP contribution in [0.1, 0.15) is 44.4 Å². The number of amides is 2. The summed E-state index contributed by atoms with van der Waals surface area (Å²) in [6.45, 7) is 5.93. The van der Waals surface area contributed by atoms with Gasteiger partial charge in [0.05, 0.1) is 23.7 Å². The molecule has 2 aromatic carbocycles. The smallest absolute Gasteiger partial charge is 0.254 e. The second-order valence-corrected chi connectivity index (χ2v) is 9.87. The molecule has 0 spiro atoms. The van der Waals surface area contributed by atoms with Crippen LogP contribution in [0.2, 0.25) is 0 Å². The van der Waals surface area contributed by atoms with Crippen molar-refractivity contribution in [3.8, 4) is 0 Å². The number of fused-ring (bicyclic) bond motifs is 1. The lowest BCUT2D eigenvalue weighted by atomic mass is 9.92. The molecule has 2 aliphatic rings. The van der Waals surface area contributed by atoms with Gasteiger partial charge in [-0.25, -0.2) is 13.8 Å². The van der Waals surface area contributed by atoms with Crippen LogP contribution in [-0.2, 0) is 16.1 Å². The van der Waals surface area contributed by atoms with Gasteiger partial charge in [0.2, 0.25) is 5.91 Å². The van der Waals surface area contributed by atoms with Gasteiger partial charge in [0, 0.05) is 25.3 Å². The summed E-state index contributed by atoms with van der Waals surface area (Å²) in [6.07, 6.45) is 0.0610. The van der Waals surface area contributed by atoms with Crippen LogP contribution in [0.3, 0.4) is 0 Å². The van der Waals surface area contributed by atoms with Gasteiger partial charge in [-0.2, -0.15) is 0 Å². The van der Waals surface area contributed by atoms with E-state index in [1.54, 1.807) is 43.1 Å². The predicted octanol–water partition coefficient (Wildman–Crippen LogP) is 5.11. The molecule has 1 N–H and O–H groups in total. The van der Waals surface area contributed by atoms with E-state index in [1.807, 2.05) is 24.2 Å². The molecule has 9 heteroatoms. The molecular formula is C27H28F2N4O2S. The van der Waals surface area contributed by atoms with Crippen molar-refractivity contribution < 1.29 is 18.4 Å². The number of rotatable bonds is 7. The molecule has 0 unspecified atom stereocenters. The molecular weight excluding hydrogens is 482 g/mol. The first kappa shape index (κ1) is 25.6. The molecule has 0 saturated carbocycles. The number of hydrogen-bond donors (Lipinski definition) is 1. The summed E-state index contributed by atoms with van der Waals surface area (Å²) in [5, 5.41) is 5.38. The molecule has 1 atom stereocenters. The number of thioether (sulfide) groups is 1. The summed E-state index contributed by atoms with van der Waals surface area (Å²) >= 11 is 1.39. The predicted molar refractivity (Wildman–Crippen MR) is 138 cm³/mol. The summed E-state index contributed by atoms with van der Waals surface area (Å²) in [6, 6.07) is 11.4. The van der Waals surface area contributed by atoms with Gasteiger partial charge < -0.3 is 15.1 Å². The molecule has 0 saturated heterocycles. The van der Waals surface area contributed by atoms with Crippen molar-refractivity contribution in [2.75, 3.05) is 7.05 Å². The van der Waals surface area contributed by atoms with Crippen LogP contribution >= 0.6 is 11.8 Å². The molecule has 0 radical (unpaired) electrons. The van der Waals surface area contributed by atoms with E-state index in [0.717, 1.165) is 11.1 Å². The summed E-state index contributed by atoms with van der Waals surface area (Å²) in [5.41, 5.74) is 3.28. The Morgan fingerprint density at radius 2 is 1.69 bits per heavy atom. The SMILES string of the molecule is CC1=C(C(=O)N(C)C(C)C)[C@H](c2ccc(F)cc2)N2C(CC(=O)NCc3ccc(F)cc3)=CSC2=N1. The highest BCUT2D eigenvalue weighted by molar-refractivity contribution is 8.16. The Bertz CT molecular complexity index is 1250. The van der Waals surface area contributed by atoms with Gasteiger partial charge in [-0.15, -0.1) is 0 Å². The maximum atomic E-state index is 13.8. The molecule has 6 nitrogen and oxygen atoms in total. The maximum absolute atomic E-state index is 13.8. The van der Waals surface area contributed by atoms with Crippen molar-refractivity contribution in [2.45, 2.75) is 45.8 Å². The number of nitrogens with one attached hydrogen (secondary N) is 1. The Balaban J connectivity index is 1.62. The van der Waals surface area contributed by atoms with E-state index in [9.17, 15) is 18.4 Å². The van der Waals surface area contributed by atoms with Gasteiger partial charge in [-0.1, -0.05) is 36.0 Å². The molecule has 0 fully saturated rings. The monoisotopic (exact) mass is 510 g/mol. The van der Waals surface area contributed by atoms with Crippen LogP contribution < -0.4 is 5.32 Å². The Labute approximate surface area is 213 Å². The number of carbonyl (C=O) groups is 2. The summed E-state index contributed by atoms with van der Waals surface area (Å²) < 4.78 is 26.9. The fourth-order valence-electron chi connectivity index (χ4n) is 4.06. The van der Waals surface area contributed by atoms with Gasteiger partial charge in [-0.05, 0) is 61.6 Å². The van der Waals surface area contributed by atoms with Crippen molar-refractivity contribution in [1.29, 1.82) is 0 Å². The minimum atomic E-state index is -0.557. The zero-order valence-corrected chi connectivity index (χ0v) is 21.4. The summed E-state index contributed by atoms with van der Waals surface area (Å²) in [7, 11) is 1.74. The van der Waals surface area contributed by atoms with E-state index in [4.69, 9.17) is 0 Å². The van der Waals surface area contributed by atoms with E-state index in [2.05, 4.69) is 10.3 Å². The van der Waals surface area contributed by atoms with Crippen LogP contribution in [-0.4, -0.2) is 39.9 Å². The second-order valence-electron chi connectivity index (χ2n) is 9.03. The number of carbonyl (C=O) groups excluding carboxylic acids is 2. The van der Waals surface area contributed by atoms with E-state index < -0.39 is 6.04 Å². The Morgan fingerprint density at radius 1 is 1.08 bits per heavy atom. The number of benzene rings is 2. The molecule has 0 bridgehead atoms. The summed E-state index contributed by atoms with van der Waals surface area (Å²) in [5.74, 6) is -1.10. The van der Waals surface area contributed by atoms with Crippen molar-refractivity contribution >= 4 is 28.7 Å². The lowest BCUT2D eigenvalue weighted by Gasteiger charge is -2.38. The molecule has 0 aliphatic carbocycles. The second kappa shape index (κ2) is 10.7. The number of halogens is 2. The number of likely N-dealkylation sites (N-methyl/N-ethyl adjacent to an activating group) is 1. The molecule has 188 valence electrons. The lowest BCUT2D eigenvalue weighted by Crippen LogP contribution is -2.42. The van der Waals surface area contributed by atoms with E-state index in [-0.39, 0.29) is 42.5 Å². The largest absolute Gasteiger partial charge is 0.352 e. The minimum Gasteiger partial charge on any atom is -0.352 e. The van der Waals surface area contributed by atoms with E-state index >= 15 is 0 Å². The standard InChI is InChI=1S/C27H28F2N4O2S/c1-16(2)32(4)26(35)24-17(3)31-27-33(25(24)19-7-11-21(29)12-8-19)22(15-36-27)13-23(34)30-14-18-5-9-20(28)10-6-18/h5-12,15-16,25H,13-14H2,1-4H3,(H,30,34)/t25-/m0/s1. The molecule has 0 aromatic heterocycles. The van der Waals surface area contributed by atoms with E-state index in [1.165, 1.54) is 36.0 Å². The van der Waals surface area contributed by atoms with Crippen LogP contribution in [0.15, 0.2) is 75.9 Å². The lowest BCUT2D eigenvalue weighted by molar-refractivity contribution is -0.128. The Morgan fingerprint density at radius 3 is 2.31 bits per heavy atom. The topological polar surface area (TPSA) is 65.0 Å². The zero-order chi connectivity index (χ0) is 26.0. The average molecular weight is 511 g/mol. The van der Waals surface area contributed by atoms with Crippen LogP contribution in [0.5, 0.6) is 0 Å². The normalized spacial score (nSPS) is 17.1. The molecule has 4 rings (SSSR count). The van der Waals surface area contributed by atoms with Gasteiger partial charge in [-0.3, -0.25) is 9.59 Å². The highest BCUT2D eigenvalue weighted by Crippen LogP contribution is 2.45. The third kappa shape index (κ3) is 5.36. The number of nitrogens with zero attached hydrogens (tertiary/aromatic N) is 3. The van der Waals surface area contributed by atoms with Crippen LogP contribution in [0.4, 0.5) is 8.78 Å². The Hall–Kier alpha value is -3.46. The number of amidine groups is 1. The van der Waals surface area contributed by atoms with Crippen molar-refractivity contribution in [3.63, 3.8) is 0 Å². The maximum Gasteiger partial charge on any atom is 0.254 e. The Kier molecular flexibility index (Phi) is 7.59. The zero-order valence-electron chi connectivity index (χ0n) is 20.6. The number of allylic oxidation sites excluding steroid dienone is 1. The fraction of sp³-hybridized carbons (Fsp3) is 0.296. The minimum absolute atomic E-state index is 0.0303. The fourth-order valence-corrected chi connectivity index (χ4v) is 5.02. The third-order valence-electron chi connectivity index (χ3n) is 6.26. The van der Waals surface area contributed by atoms with Gasteiger partial charge >= 0.3 is 0 Å². The van der Waals surface area contributed by atoms with Gasteiger partial charge in [0.1, 0.15) is 11.6 Å². The van der Waals surface area contributed by atoms with Crippen molar-refractivity contribution in [3.05, 3.63) is 93.7 Å². The highest BCUT2D eigenvalue weighted by atomic mass is 32.2. The molecule has 2 aromatic rings. The number of hydrogen-bond acceptors (Lipinski definition) is 5. The first-order valence-electron chi connectivity index (χ1n) is 11.6. The number of aliphatic imine (C=N–C) groups is 1. The molecule has 2 amide bonds. The quantitative estimate of drug-likeness (QED) is 0.562. The van der Waals surface area contributed by atoms with Crippen molar-refractivity contribution in [2.24, 2.45) is 4.99 Å². The highest BCUT2D eigenvalue weighted by Gasteiger charge is 2.41. The van der Waals surface area contributed by atoms with Crippen LogP contribution in [0.25, 0.3) is 0 Å². The first-order valence-corrected chi connectivity index (χ1v) is 12.5. The summed E-state index contributed by atoms with van der Waals surface area (Å²) in [4.78, 5) is 34.6. The molecule has 36 heavy (non-hydrogen) atoms. The third-order valence-corrected chi connectivity index (χ3v) is 7.15. The average Bonchev–Trinajstić information content (AvgIpc) is 3.24. The molecule has 2 aliphatic heterocycles. The van der Waals surface area contributed by atoms with Gasteiger partial charge in [0.25, 0.3) is 5.91 Å². The van der Waals surface area contributed by atoms with Crippen LogP contribution in [0, 0.1) is 11.6 Å². The van der Waals surface area contributed by atoms with E-state index in [0.29, 0.717) is 22.1 Å².